The van der Waals surface area contributed by atoms with Gasteiger partial charge in [0.05, 0.1) is 6.10 Å². The summed E-state index contributed by atoms with van der Waals surface area (Å²) in [7, 11) is 0. The highest BCUT2D eigenvalue weighted by Crippen LogP contribution is 2.19. The van der Waals surface area contributed by atoms with E-state index in [0.717, 1.165) is 18.7 Å². The van der Waals surface area contributed by atoms with Crippen LogP contribution >= 0.6 is 0 Å². The van der Waals surface area contributed by atoms with Crippen LogP contribution in [0.15, 0.2) is 24.3 Å². The number of aromatic hydroxyl groups is 1. The summed E-state index contributed by atoms with van der Waals surface area (Å²) in [5.41, 5.74) is 0. The van der Waals surface area contributed by atoms with Crippen molar-refractivity contribution in [3.05, 3.63) is 24.3 Å². The Morgan fingerprint density at radius 3 is 2.81 bits per heavy atom. The Bertz CT molecular complexity index is 317. The zero-order chi connectivity index (χ0) is 11.4. The van der Waals surface area contributed by atoms with Gasteiger partial charge in [0.1, 0.15) is 11.5 Å². The first-order valence-electron chi connectivity index (χ1n) is 5.93. The Morgan fingerprint density at radius 2 is 2.19 bits per heavy atom. The van der Waals surface area contributed by atoms with Crippen LogP contribution in [0.1, 0.15) is 26.2 Å². The Kier molecular flexibility index (Phi) is 3.67. The highest BCUT2D eigenvalue weighted by atomic mass is 16.5. The molecule has 3 nitrogen and oxygen atoms in total. The molecule has 1 aliphatic heterocycles. The van der Waals surface area contributed by atoms with Crippen molar-refractivity contribution in [1.82, 2.24) is 5.32 Å². The number of phenolic OH excluding ortho intramolecular Hbond substituents is 1. The first kappa shape index (κ1) is 11.3. The Labute approximate surface area is 96.4 Å². The summed E-state index contributed by atoms with van der Waals surface area (Å²) in [4.78, 5) is 0. The standard InChI is InChI=1S/C13H19NO2/c1-10(9-11-3-2-8-14-11)16-13-6-4-12(15)5-7-13/h4-7,10-11,14-15H,2-3,8-9H2,1H3. The smallest absolute Gasteiger partial charge is 0.119 e. The van der Waals surface area contributed by atoms with Gasteiger partial charge in [-0.3, -0.25) is 0 Å². The summed E-state index contributed by atoms with van der Waals surface area (Å²) >= 11 is 0. The van der Waals surface area contributed by atoms with Gasteiger partial charge in [-0.1, -0.05) is 0 Å². The van der Waals surface area contributed by atoms with Gasteiger partial charge >= 0.3 is 0 Å². The van der Waals surface area contributed by atoms with E-state index in [-0.39, 0.29) is 11.9 Å². The molecule has 88 valence electrons. The van der Waals surface area contributed by atoms with E-state index in [2.05, 4.69) is 12.2 Å². The maximum absolute atomic E-state index is 9.16. The van der Waals surface area contributed by atoms with Crippen LogP contribution in [-0.4, -0.2) is 23.8 Å². The molecule has 0 spiro atoms. The Balaban J connectivity index is 1.81. The van der Waals surface area contributed by atoms with Crippen molar-refractivity contribution in [2.75, 3.05) is 6.54 Å². The molecular formula is C13H19NO2. The molecule has 1 saturated heterocycles. The highest BCUT2D eigenvalue weighted by molar-refractivity contribution is 5.30. The van der Waals surface area contributed by atoms with E-state index < -0.39 is 0 Å². The quantitative estimate of drug-likeness (QED) is 0.819. The molecule has 2 atom stereocenters. The molecule has 1 aromatic carbocycles. The van der Waals surface area contributed by atoms with Gasteiger partial charge in [-0.15, -0.1) is 0 Å². The minimum Gasteiger partial charge on any atom is -0.508 e. The van der Waals surface area contributed by atoms with Gasteiger partial charge in [0.15, 0.2) is 0 Å². The lowest BCUT2D eigenvalue weighted by Gasteiger charge is -2.18. The van der Waals surface area contributed by atoms with Crippen LogP contribution in [0.4, 0.5) is 0 Å². The first-order valence-corrected chi connectivity index (χ1v) is 5.93. The lowest BCUT2D eigenvalue weighted by molar-refractivity contribution is 0.196. The third-order valence-electron chi connectivity index (χ3n) is 2.95. The third kappa shape index (κ3) is 3.14. The molecule has 0 aromatic heterocycles. The molecule has 16 heavy (non-hydrogen) atoms. The molecule has 2 rings (SSSR count). The summed E-state index contributed by atoms with van der Waals surface area (Å²) in [6, 6.07) is 7.50. The number of benzene rings is 1. The Morgan fingerprint density at radius 1 is 1.44 bits per heavy atom. The van der Waals surface area contributed by atoms with Gasteiger partial charge in [0, 0.05) is 6.04 Å². The second-order valence-corrected chi connectivity index (χ2v) is 4.45. The average molecular weight is 221 g/mol. The lowest BCUT2D eigenvalue weighted by atomic mass is 10.1. The lowest BCUT2D eigenvalue weighted by Crippen LogP contribution is -2.28. The number of ether oxygens (including phenoxy) is 1. The largest absolute Gasteiger partial charge is 0.508 e. The van der Waals surface area contributed by atoms with Crippen LogP contribution in [-0.2, 0) is 0 Å². The van der Waals surface area contributed by atoms with E-state index in [0.29, 0.717) is 6.04 Å². The fourth-order valence-corrected chi connectivity index (χ4v) is 2.16. The van der Waals surface area contributed by atoms with Crippen molar-refractivity contribution in [1.29, 1.82) is 0 Å². The van der Waals surface area contributed by atoms with E-state index in [1.165, 1.54) is 12.8 Å². The van der Waals surface area contributed by atoms with E-state index in [4.69, 9.17) is 9.84 Å². The van der Waals surface area contributed by atoms with E-state index in [9.17, 15) is 0 Å². The molecule has 1 aliphatic rings. The van der Waals surface area contributed by atoms with Crippen molar-refractivity contribution >= 4 is 0 Å². The topological polar surface area (TPSA) is 41.5 Å². The summed E-state index contributed by atoms with van der Waals surface area (Å²) in [6.45, 7) is 3.23. The minimum absolute atomic E-state index is 0.208. The van der Waals surface area contributed by atoms with Crippen molar-refractivity contribution in [2.45, 2.75) is 38.3 Å². The molecule has 2 N–H and O–H groups in total. The molecule has 0 aliphatic carbocycles. The summed E-state index contributed by atoms with van der Waals surface area (Å²) in [6.07, 6.45) is 3.78. The first-order chi connectivity index (χ1) is 7.74. The minimum atomic E-state index is 0.208. The van der Waals surface area contributed by atoms with Crippen LogP contribution in [0.3, 0.4) is 0 Å². The van der Waals surface area contributed by atoms with Gasteiger partial charge < -0.3 is 15.2 Å². The normalized spacial score (nSPS) is 21.9. The van der Waals surface area contributed by atoms with Gasteiger partial charge in [-0.25, -0.2) is 0 Å². The Hall–Kier alpha value is -1.22. The molecule has 0 radical (unpaired) electrons. The highest BCUT2D eigenvalue weighted by Gasteiger charge is 2.17. The fourth-order valence-electron chi connectivity index (χ4n) is 2.16. The monoisotopic (exact) mass is 221 g/mol. The van der Waals surface area contributed by atoms with Crippen molar-refractivity contribution in [3.8, 4) is 11.5 Å². The van der Waals surface area contributed by atoms with Crippen molar-refractivity contribution in [3.63, 3.8) is 0 Å². The molecule has 3 heteroatoms. The summed E-state index contributed by atoms with van der Waals surface area (Å²) in [5.74, 6) is 1.10. The number of hydrogen-bond donors (Lipinski definition) is 2. The second kappa shape index (κ2) is 5.21. The van der Waals surface area contributed by atoms with Gasteiger partial charge in [-0.05, 0) is 57.0 Å². The van der Waals surface area contributed by atoms with Crippen LogP contribution in [0.2, 0.25) is 0 Å². The molecule has 1 fully saturated rings. The molecule has 0 bridgehead atoms. The average Bonchev–Trinajstić information content (AvgIpc) is 2.74. The maximum atomic E-state index is 9.16. The SMILES string of the molecule is CC(CC1CCCN1)Oc1ccc(O)cc1. The van der Waals surface area contributed by atoms with Crippen LogP contribution < -0.4 is 10.1 Å². The van der Waals surface area contributed by atoms with Gasteiger partial charge in [0.2, 0.25) is 0 Å². The zero-order valence-corrected chi connectivity index (χ0v) is 9.65. The number of phenols is 1. The van der Waals surface area contributed by atoms with Crippen LogP contribution in [0, 0.1) is 0 Å². The van der Waals surface area contributed by atoms with Crippen molar-refractivity contribution in [2.24, 2.45) is 0 Å². The molecule has 0 amide bonds. The van der Waals surface area contributed by atoms with Crippen LogP contribution in [0.25, 0.3) is 0 Å². The number of nitrogens with one attached hydrogen (secondary N) is 1. The molecule has 1 heterocycles. The molecular weight excluding hydrogens is 202 g/mol. The maximum Gasteiger partial charge on any atom is 0.119 e. The van der Waals surface area contributed by atoms with Crippen LogP contribution in [0.5, 0.6) is 11.5 Å². The van der Waals surface area contributed by atoms with Gasteiger partial charge in [0.25, 0.3) is 0 Å². The predicted molar refractivity (Wildman–Crippen MR) is 63.8 cm³/mol. The number of rotatable bonds is 4. The fraction of sp³-hybridized carbons (Fsp3) is 0.538. The van der Waals surface area contributed by atoms with Crippen molar-refractivity contribution < 1.29 is 9.84 Å². The van der Waals surface area contributed by atoms with E-state index in [1.54, 1.807) is 24.3 Å². The van der Waals surface area contributed by atoms with E-state index >= 15 is 0 Å². The second-order valence-electron chi connectivity index (χ2n) is 4.45. The van der Waals surface area contributed by atoms with Gasteiger partial charge in [-0.2, -0.15) is 0 Å². The summed E-state index contributed by atoms with van der Waals surface area (Å²) < 4.78 is 5.78. The summed E-state index contributed by atoms with van der Waals surface area (Å²) in [5, 5.41) is 12.6. The predicted octanol–water partition coefficient (Wildman–Crippen LogP) is 2.30. The molecule has 1 aromatic rings. The molecule has 0 saturated carbocycles. The third-order valence-corrected chi connectivity index (χ3v) is 2.95. The molecule has 2 unspecified atom stereocenters. The number of hydrogen-bond acceptors (Lipinski definition) is 3. The van der Waals surface area contributed by atoms with E-state index in [1.807, 2.05) is 0 Å². The zero-order valence-electron chi connectivity index (χ0n) is 9.65.